The first-order chi connectivity index (χ1) is 16.7. The van der Waals surface area contributed by atoms with Crippen molar-refractivity contribution >= 4 is 29.3 Å². The van der Waals surface area contributed by atoms with E-state index in [9.17, 15) is 28.7 Å². The lowest BCUT2D eigenvalue weighted by atomic mass is 9.51. The number of carbonyl (C=O) groups excluding carboxylic acids is 4. The van der Waals surface area contributed by atoms with Gasteiger partial charge in [-0.1, -0.05) is 42.0 Å². The number of para-hydroxylation sites is 2. The van der Waals surface area contributed by atoms with E-state index in [1.54, 1.807) is 43.3 Å². The van der Waals surface area contributed by atoms with Gasteiger partial charge in [-0.25, -0.2) is 9.29 Å². The van der Waals surface area contributed by atoms with E-state index >= 15 is 0 Å². The maximum absolute atomic E-state index is 14.5. The van der Waals surface area contributed by atoms with Crippen LogP contribution in [0.4, 0.5) is 10.1 Å². The number of nitrogens with zero attached hydrogens (tertiary/aromatic N) is 1. The van der Waals surface area contributed by atoms with E-state index in [0.29, 0.717) is 17.7 Å². The molecule has 2 aromatic rings. The number of benzene rings is 2. The van der Waals surface area contributed by atoms with Crippen LogP contribution in [0.15, 0.2) is 60.2 Å². The SMILES string of the molecule is C[C@@]12C(=O)N(c3ccccc3)C(=O)[C@@H]1C[C@@H]1C(=CC[C@@H]3C(=O)NC(=O)[C@@H]31)[C@@H]2c1cccc(F)c1O. The first kappa shape index (κ1) is 21.7. The Labute approximate surface area is 200 Å². The molecule has 6 rings (SSSR count). The van der Waals surface area contributed by atoms with Gasteiger partial charge in [0, 0.05) is 11.5 Å². The number of nitrogens with one attached hydrogen (secondary N) is 1. The zero-order chi connectivity index (χ0) is 24.6. The third-order valence-electron chi connectivity index (χ3n) is 8.46. The molecule has 0 aromatic heterocycles. The molecule has 178 valence electrons. The van der Waals surface area contributed by atoms with Crippen LogP contribution >= 0.6 is 0 Å². The van der Waals surface area contributed by atoms with Gasteiger partial charge < -0.3 is 5.11 Å². The van der Waals surface area contributed by atoms with Crippen LogP contribution in [-0.2, 0) is 19.2 Å². The van der Waals surface area contributed by atoms with Crippen molar-refractivity contribution in [2.75, 3.05) is 4.90 Å². The molecule has 7 nitrogen and oxygen atoms in total. The highest BCUT2D eigenvalue weighted by molar-refractivity contribution is 6.24. The molecule has 2 saturated heterocycles. The number of hydrogen-bond donors (Lipinski definition) is 2. The second-order valence-electron chi connectivity index (χ2n) is 10.0. The Bertz CT molecular complexity index is 1340. The number of carbonyl (C=O) groups is 4. The average molecular weight is 474 g/mol. The molecule has 4 aliphatic rings. The molecule has 2 aliphatic heterocycles. The fourth-order valence-corrected chi connectivity index (χ4v) is 6.86. The van der Waals surface area contributed by atoms with Gasteiger partial charge in [0.15, 0.2) is 11.6 Å². The van der Waals surface area contributed by atoms with E-state index in [2.05, 4.69) is 5.32 Å². The molecule has 0 unspecified atom stereocenters. The summed E-state index contributed by atoms with van der Waals surface area (Å²) < 4.78 is 14.5. The standard InChI is InChI=1S/C27H23FN2O5/c1-27-18(25(34)30(26(27)35)13-6-3-2-4-7-13)12-17-14(10-11-15-20(17)24(33)29-23(15)32)21(27)16-8-5-9-19(28)22(16)31/h2-10,15,17-18,20-21,31H,11-12H2,1H3,(H,29,32,33)/t15-,17+,18-,20-,21+,27+/m0/s1. The summed E-state index contributed by atoms with van der Waals surface area (Å²) in [6.07, 6.45) is 2.36. The third-order valence-corrected chi connectivity index (χ3v) is 8.46. The Kier molecular flexibility index (Phi) is 4.55. The molecule has 35 heavy (non-hydrogen) atoms. The van der Waals surface area contributed by atoms with Crippen molar-refractivity contribution in [1.82, 2.24) is 5.32 Å². The molecule has 2 aromatic carbocycles. The zero-order valence-corrected chi connectivity index (χ0v) is 18.9. The number of rotatable bonds is 2. The molecular formula is C27H23FN2O5. The number of amides is 4. The fourth-order valence-electron chi connectivity index (χ4n) is 6.86. The number of fused-ring (bicyclic) bond motifs is 4. The van der Waals surface area contributed by atoms with Gasteiger partial charge in [0.1, 0.15) is 0 Å². The summed E-state index contributed by atoms with van der Waals surface area (Å²) in [6, 6.07) is 12.8. The molecule has 6 atom stereocenters. The van der Waals surface area contributed by atoms with E-state index in [4.69, 9.17) is 0 Å². The van der Waals surface area contributed by atoms with Crippen LogP contribution in [0.25, 0.3) is 0 Å². The van der Waals surface area contributed by atoms with E-state index in [0.717, 1.165) is 6.07 Å². The smallest absolute Gasteiger partial charge is 0.241 e. The number of aromatic hydroxyl groups is 1. The van der Waals surface area contributed by atoms with Crippen molar-refractivity contribution in [1.29, 1.82) is 0 Å². The van der Waals surface area contributed by atoms with Crippen LogP contribution in [0.5, 0.6) is 5.75 Å². The van der Waals surface area contributed by atoms with E-state index < -0.39 is 64.3 Å². The van der Waals surface area contributed by atoms with Gasteiger partial charge in [-0.3, -0.25) is 24.5 Å². The van der Waals surface area contributed by atoms with Gasteiger partial charge >= 0.3 is 0 Å². The van der Waals surface area contributed by atoms with Gasteiger partial charge in [-0.2, -0.15) is 0 Å². The summed E-state index contributed by atoms with van der Waals surface area (Å²) >= 11 is 0. The first-order valence-corrected chi connectivity index (χ1v) is 11.7. The molecule has 2 aliphatic carbocycles. The first-order valence-electron chi connectivity index (χ1n) is 11.7. The molecule has 1 saturated carbocycles. The number of imide groups is 2. The number of allylic oxidation sites excluding steroid dienone is 2. The van der Waals surface area contributed by atoms with Crippen molar-refractivity contribution in [3.05, 3.63) is 71.6 Å². The Morgan fingerprint density at radius 2 is 1.74 bits per heavy atom. The summed E-state index contributed by atoms with van der Waals surface area (Å²) in [4.78, 5) is 54.2. The third kappa shape index (κ3) is 2.76. The average Bonchev–Trinajstić information content (AvgIpc) is 3.24. The molecule has 0 radical (unpaired) electrons. The summed E-state index contributed by atoms with van der Waals surface area (Å²) in [5.74, 6) is -6.31. The zero-order valence-electron chi connectivity index (χ0n) is 18.9. The summed E-state index contributed by atoms with van der Waals surface area (Å²) in [5.41, 5.74) is 0.0235. The van der Waals surface area contributed by atoms with Crippen LogP contribution in [0.3, 0.4) is 0 Å². The minimum Gasteiger partial charge on any atom is -0.505 e. The van der Waals surface area contributed by atoms with Crippen molar-refractivity contribution in [2.45, 2.75) is 25.7 Å². The van der Waals surface area contributed by atoms with Gasteiger partial charge in [0.2, 0.25) is 23.6 Å². The second-order valence-corrected chi connectivity index (χ2v) is 10.0. The van der Waals surface area contributed by atoms with Crippen molar-refractivity contribution < 1.29 is 28.7 Å². The van der Waals surface area contributed by atoms with Crippen molar-refractivity contribution in [3.63, 3.8) is 0 Å². The van der Waals surface area contributed by atoms with Crippen LogP contribution < -0.4 is 10.2 Å². The highest BCUT2D eigenvalue weighted by Crippen LogP contribution is 2.64. The molecular weight excluding hydrogens is 451 g/mol. The maximum atomic E-state index is 14.5. The lowest BCUT2D eigenvalue weighted by molar-refractivity contribution is -0.131. The van der Waals surface area contributed by atoms with Gasteiger partial charge in [0.05, 0.1) is 28.9 Å². The normalized spacial score (nSPS) is 33.7. The Morgan fingerprint density at radius 1 is 1.00 bits per heavy atom. The number of anilines is 1. The molecule has 8 heteroatoms. The fraction of sp³-hybridized carbons (Fsp3) is 0.333. The molecule has 0 spiro atoms. The van der Waals surface area contributed by atoms with Gasteiger partial charge in [-0.05, 0) is 43.9 Å². The highest BCUT2D eigenvalue weighted by Gasteiger charge is 2.67. The monoisotopic (exact) mass is 474 g/mol. The molecule has 3 fully saturated rings. The van der Waals surface area contributed by atoms with Gasteiger partial charge in [0.25, 0.3) is 0 Å². The second kappa shape index (κ2) is 7.34. The van der Waals surface area contributed by atoms with Gasteiger partial charge in [-0.15, -0.1) is 0 Å². The molecule has 4 amide bonds. The Balaban J connectivity index is 1.57. The summed E-state index contributed by atoms with van der Waals surface area (Å²) in [7, 11) is 0. The van der Waals surface area contributed by atoms with Crippen LogP contribution in [0, 0.1) is 34.9 Å². The quantitative estimate of drug-likeness (QED) is 0.514. The highest BCUT2D eigenvalue weighted by atomic mass is 19.1. The lowest BCUT2D eigenvalue weighted by Crippen LogP contribution is -2.48. The largest absolute Gasteiger partial charge is 0.505 e. The van der Waals surface area contributed by atoms with Crippen molar-refractivity contribution in [3.8, 4) is 5.75 Å². The van der Waals surface area contributed by atoms with E-state index in [-0.39, 0.29) is 17.9 Å². The molecule has 0 bridgehead atoms. The maximum Gasteiger partial charge on any atom is 0.241 e. The van der Waals surface area contributed by atoms with Crippen LogP contribution in [-0.4, -0.2) is 28.7 Å². The van der Waals surface area contributed by atoms with E-state index in [1.807, 2.05) is 6.08 Å². The Morgan fingerprint density at radius 3 is 2.49 bits per heavy atom. The Hall–Kier alpha value is -3.81. The number of halogens is 1. The minimum atomic E-state index is -1.31. The predicted octanol–water partition coefficient (Wildman–Crippen LogP) is 3.05. The van der Waals surface area contributed by atoms with E-state index in [1.165, 1.54) is 11.0 Å². The van der Waals surface area contributed by atoms with Crippen LogP contribution in [0.1, 0.15) is 31.2 Å². The molecule has 2 N–H and O–H groups in total. The number of phenolic OH excluding ortho intramolecular Hbond substituents is 1. The summed E-state index contributed by atoms with van der Waals surface area (Å²) in [5, 5.41) is 13.2. The predicted molar refractivity (Wildman–Crippen MR) is 122 cm³/mol. The number of phenols is 1. The summed E-state index contributed by atoms with van der Waals surface area (Å²) in [6.45, 7) is 1.69. The lowest BCUT2D eigenvalue weighted by Gasteiger charge is -2.49. The topological polar surface area (TPSA) is 104 Å². The molecule has 2 heterocycles. The van der Waals surface area contributed by atoms with Crippen LogP contribution in [0.2, 0.25) is 0 Å². The van der Waals surface area contributed by atoms with Crippen molar-refractivity contribution in [2.24, 2.45) is 29.1 Å². The minimum absolute atomic E-state index is 0.202. The number of hydrogen-bond acceptors (Lipinski definition) is 5.